The molecule has 0 aliphatic heterocycles. The number of ether oxygens (including phenoxy) is 2. The van der Waals surface area contributed by atoms with E-state index in [1.54, 1.807) is 30.3 Å². The number of benzene rings is 1. The van der Waals surface area contributed by atoms with E-state index in [2.05, 4.69) is 4.98 Å². The lowest BCUT2D eigenvalue weighted by atomic mass is 10.2. The molecule has 0 saturated carbocycles. The topological polar surface area (TPSA) is 98.3 Å². The highest BCUT2D eigenvalue weighted by atomic mass is 16.6. The van der Waals surface area contributed by atoms with Crippen LogP contribution >= 0.6 is 0 Å². The van der Waals surface area contributed by atoms with Crippen LogP contribution in [0.3, 0.4) is 0 Å². The van der Waals surface area contributed by atoms with Gasteiger partial charge in [-0.1, -0.05) is 0 Å². The van der Waals surface area contributed by atoms with Gasteiger partial charge in [0.2, 0.25) is 5.75 Å². The third-order valence-corrected chi connectivity index (χ3v) is 2.52. The first-order chi connectivity index (χ1) is 10.2. The van der Waals surface area contributed by atoms with Gasteiger partial charge in [0.05, 0.1) is 11.6 Å². The van der Waals surface area contributed by atoms with Gasteiger partial charge in [0, 0.05) is 0 Å². The molecule has 0 amide bonds. The average molecular weight is 285 g/mol. The number of rotatable bonds is 6. The third kappa shape index (κ3) is 3.91. The maximum absolute atomic E-state index is 10.7. The van der Waals surface area contributed by atoms with Gasteiger partial charge in [0.25, 0.3) is 0 Å². The van der Waals surface area contributed by atoms with E-state index in [4.69, 9.17) is 14.7 Å². The summed E-state index contributed by atoms with van der Waals surface area (Å²) in [5, 5.41) is 19.4. The molecule has 0 saturated heterocycles. The summed E-state index contributed by atoms with van der Waals surface area (Å²) in [6.07, 6.45) is 1.33. The molecule has 0 fully saturated rings. The van der Waals surface area contributed by atoms with Gasteiger partial charge >= 0.3 is 5.82 Å². The van der Waals surface area contributed by atoms with E-state index < -0.39 is 4.92 Å². The van der Waals surface area contributed by atoms with E-state index in [0.29, 0.717) is 11.3 Å². The van der Waals surface area contributed by atoms with Crippen molar-refractivity contribution in [1.82, 2.24) is 4.98 Å². The minimum absolute atomic E-state index is 0.103. The number of nitrogens with zero attached hydrogens (tertiary/aromatic N) is 3. The quantitative estimate of drug-likeness (QED) is 0.459. The second kappa shape index (κ2) is 6.86. The molecule has 1 aromatic heterocycles. The number of hydrogen-bond acceptors (Lipinski definition) is 6. The van der Waals surface area contributed by atoms with Crippen LogP contribution in [-0.2, 0) is 0 Å². The number of nitriles is 1. The molecule has 2 rings (SSSR count). The van der Waals surface area contributed by atoms with Crippen molar-refractivity contribution in [3.63, 3.8) is 0 Å². The fraction of sp³-hybridized carbons (Fsp3) is 0.143. The summed E-state index contributed by atoms with van der Waals surface area (Å²) >= 11 is 0. The Morgan fingerprint density at radius 2 is 1.90 bits per heavy atom. The summed E-state index contributed by atoms with van der Waals surface area (Å²) in [6.45, 7) is 0.366. The van der Waals surface area contributed by atoms with Gasteiger partial charge in [-0.25, -0.2) is 0 Å². The molecule has 0 radical (unpaired) electrons. The zero-order valence-electron chi connectivity index (χ0n) is 10.9. The maximum atomic E-state index is 10.7. The highest BCUT2D eigenvalue weighted by Gasteiger charge is 2.15. The zero-order chi connectivity index (χ0) is 15.1. The first-order valence-electron chi connectivity index (χ1n) is 6.06. The largest absolute Gasteiger partial charge is 0.490 e. The Hall–Kier alpha value is -3.14. The number of pyridine rings is 1. The Balaban J connectivity index is 1.85. The van der Waals surface area contributed by atoms with Crippen LogP contribution in [0.1, 0.15) is 5.56 Å². The van der Waals surface area contributed by atoms with Gasteiger partial charge < -0.3 is 19.6 Å². The monoisotopic (exact) mass is 285 g/mol. The minimum Gasteiger partial charge on any atom is -0.490 e. The zero-order valence-corrected chi connectivity index (χ0v) is 10.9. The number of hydrogen-bond donors (Lipinski definition) is 0. The minimum atomic E-state index is -0.600. The summed E-state index contributed by atoms with van der Waals surface area (Å²) in [6, 6.07) is 11.7. The van der Waals surface area contributed by atoms with E-state index in [-0.39, 0.29) is 24.8 Å². The molecule has 0 bridgehead atoms. The van der Waals surface area contributed by atoms with E-state index in [9.17, 15) is 10.1 Å². The molecule has 21 heavy (non-hydrogen) atoms. The van der Waals surface area contributed by atoms with Crippen molar-refractivity contribution in [2.45, 2.75) is 0 Å². The van der Waals surface area contributed by atoms with Crippen LogP contribution in [0.5, 0.6) is 11.5 Å². The van der Waals surface area contributed by atoms with Crippen LogP contribution < -0.4 is 9.47 Å². The summed E-state index contributed by atoms with van der Waals surface area (Å²) in [5.41, 5.74) is 0.546. The van der Waals surface area contributed by atoms with Crippen LogP contribution in [0.2, 0.25) is 0 Å². The van der Waals surface area contributed by atoms with Gasteiger partial charge in [0.15, 0.2) is 0 Å². The Kier molecular flexibility index (Phi) is 4.66. The fourth-order valence-electron chi connectivity index (χ4n) is 1.57. The Morgan fingerprint density at radius 1 is 1.19 bits per heavy atom. The van der Waals surface area contributed by atoms with Crippen molar-refractivity contribution in [3.05, 3.63) is 58.3 Å². The highest BCUT2D eigenvalue weighted by Crippen LogP contribution is 2.22. The third-order valence-electron chi connectivity index (χ3n) is 2.52. The number of aromatic nitrogens is 1. The molecule has 0 aliphatic carbocycles. The van der Waals surface area contributed by atoms with E-state index in [1.165, 1.54) is 12.3 Å². The smallest absolute Gasteiger partial charge is 0.406 e. The molecule has 1 heterocycles. The number of nitro groups is 1. The Bertz CT molecular complexity index is 665. The van der Waals surface area contributed by atoms with Crippen molar-refractivity contribution >= 4 is 5.82 Å². The van der Waals surface area contributed by atoms with Crippen LogP contribution in [0.15, 0.2) is 42.6 Å². The summed E-state index contributed by atoms with van der Waals surface area (Å²) in [5.74, 6) is 0.375. The van der Waals surface area contributed by atoms with Gasteiger partial charge in [-0.05, 0) is 46.3 Å². The van der Waals surface area contributed by atoms with Gasteiger partial charge in [-0.15, -0.1) is 0 Å². The first-order valence-corrected chi connectivity index (χ1v) is 6.06. The molecule has 0 aliphatic rings. The molecule has 0 N–H and O–H groups in total. The molecular formula is C14H11N3O4. The molecular weight excluding hydrogens is 274 g/mol. The lowest BCUT2D eigenvalue weighted by molar-refractivity contribution is -0.390. The molecule has 106 valence electrons. The van der Waals surface area contributed by atoms with Crippen LogP contribution in [-0.4, -0.2) is 23.1 Å². The predicted molar refractivity (Wildman–Crippen MR) is 73.0 cm³/mol. The molecule has 2 aromatic rings. The van der Waals surface area contributed by atoms with Crippen molar-refractivity contribution in [1.29, 1.82) is 5.26 Å². The van der Waals surface area contributed by atoms with Crippen LogP contribution in [0.4, 0.5) is 5.82 Å². The molecule has 7 nitrogen and oxygen atoms in total. The molecule has 7 heteroatoms. The Morgan fingerprint density at radius 3 is 2.57 bits per heavy atom. The summed E-state index contributed by atoms with van der Waals surface area (Å²) in [7, 11) is 0. The van der Waals surface area contributed by atoms with Gasteiger partial charge in [-0.2, -0.15) is 5.26 Å². The second-order valence-electron chi connectivity index (χ2n) is 3.92. The average Bonchev–Trinajstić information content (AvgIpc) is 2.52. The van der Waals surface area contributed by atoms with E-state index >= 15 is 0 Å². The lowest BCUT2D eigenvalue weighted by Gasteiger charge is -2.08. The van der Waals surface area contributed by atoms with Gasteiger partial charge in [-0.3, -0.25) is 0 Å². The standard InChI is InChI=1S/C14H11N3O4/c15-10-11-3-5-12(6-4-11)20-8-9-21-13-2-1-7-16-14(13)17(18)19/h1-7H,8-9H2. The van der Waals surface area contributed by atoms with Crippen molar-refractivity contribution in [3.8, 4) is 17.6 Å². The summed E-state index contributed by atoms with van der Waals surface area (Å²) in [4.78, 5) is 13.8. The molecule has 0 unspecified atom stereocenters. The van der Waals surface area contributed by atoms with Crippen molar-refractivity contribution in [2.24, 2.45) is 0 Å². The van der Waals surface area contributed by atoms with E-state index in [0.717, 1.165) is 0 Å². The lowest BCUT2D eigenvalue weighted by Crippen LogP contribution is -2.10. The first kappa shape index (κ1) is 14.3. The predicted octanol–water partition coefficient (Wildman–Crippen LogP) is 2.32. The van der Waals surface area contributed by atoms with Crippen molar-refractivity contribution < 1.29 is 14.4 Å². The Labute approximate surface area is 120 Å². The maximum Gasteiger partial charge on any atom is 0.406 e. The second-order valence-corrected chi connectivity index (χ2v) is 3.92. The fourth-order valence-corrected chi connectivity index (χ4v) is 1.57. The van der Waals surface area contributed by atoms with Gasteiger partial charge in [0.1, 0.15) is 25.2 Å². The normalized spacial score (nSPS) is 9.67. The van der Waals surface area contributed by atoms with Crippen molar-refractivity contribution in [2.75, 3.05) is 13.2 Å². The van der Waals surface area contributed by atoms with Crippen LogP contribution in [0, 0.1) is 21.4 Å². The molecule has 0 atom stereocenters. The van der Waals surface area contributed by atoms with Crippen LogP contribution in [0.25, 0.3) is 0 Å². The van der Waals surface area contributed by atoms with E-state index in [1.807, 2.05) is 6.07 Å². The SMILES string of the molecule is N#Cc1ccc(OCCOc2cccnc2[N+](=O)[O-])cc1. The highest BCUT2D eigenvalue weighted by molar-refractivity contribution is 5.38. The molecule has 0 spiro atoms. The summed E-state index contributed by atoms with van der Waals surface area (Å²) < 4.78 is 10.7. The molecule has 1 aromatic carbocycles.